The normalized spacial score (nSPS) is 24.0. The van der Waals surface area contributed by atoms with E-state index in [1.165, 1.54) is 31.7 Å². The van der Waals surface area contributed by atoms with Crippen LogP contribution in [-0.4, -0.2) is 23.9 Å². The quantitative estimate of drug-likeness (QED) is 0.781. The van der Waals surface area contributed by atoms with Crippen molar-refractivity contribution in [2.75, 3.05) is 13.1 Å². The molecular weight excluding hydrogens is 326 g/mol. The number of hydrogen-bond acceptors (Lipinski definition) is 3. The summed E-state index contributed by atoms with van der Waals surface area (Å²) in [7, 11) is 0. The lowest BCUT2D eigenvalue weighted by molar-refractivity contribution is 0.0493. The van der Waals surface area contributed by atoms with Gasteiger partial charge in [0.25, 0.3) is 5.91 Å². The van der Waals surface area contributed by atoms with Crippen LogP contribution in [0.4, 0.5) is 0 Å². The number of halogens is 1. The van der Waals surface area contributed by atoms with Crippen molar-refractivity contribution in [1.82, 2.24) is 4.90 Å². The first-order valence-electron chi connectivity index (χ1n) is 8.64. The fourth-order valence-corrected chi connectivity index (χ4v) is 4.35. The highest BCUT2D eigenvalue weighted by Crippen LogP contribution is 2.36. The number of fused-ring (bicyclic) bond motifs is 2. The highest BCUT2D eigenvalue weighted by Gasteiger charge is 2.34. The van der Waals surface area contributed by atoms with Crippen LogP contribution in [0.1, 0.15) is 42.7 Å². The van der Waals surface area contributed by atoms with Crippen LogP contribution in [0.5, 0.6) is 0 Å². The molecule has 2 atom stereocenters. The predicted molar refractivity (Wildman–Crippen MR) is 93.5 cm³/mol. The van der Waals surface area contributed by atoms with Crippen molar-refractivity contribution in [3.63, 3.8) is 0 Å². The molecule has 126 valence electrons. The lowest BCUT2D eigenvalue weighted by Gasteiger charge is -2.41. The first-order valence-corrected chi connectivity index (χ1v) is 9.02. The molecule has 0 unspecified atom stereocenters. The molecule has 1 saturated carbocycles. The molecule has 2 aliphatic rings. The van der Waals surface area contributed by atoms with E-state index in [1.807, 2.05) is 4.90 Å². The average Bonchev–Trinajstić information content (AvgIpc) is 2.61. The standard InChI is InChI=1S/C19H20ClNO3/c20-14-5-6-17-15(9-14)16(22)10-18(24-17)19(23)21-8-7-12-3-1-2-4-13(12)11-21/h5-6,9-10,12-13H,1-4,7-8,11H2/t12-,13-/m0/s1. The van der Waals surface area contributed by atoms with E-state index in [2.05, 4.69) is 0 Å². The molecule has 2 heterocycles. The summed E-state index contributed by atoms with van der Waals surface area (Å²) in [6, 6.07) is 6.18. The molecule has 0 bridgehead atoms. The van der Waals surface area contributed by atoms with Gasteiger partial charge in [-0.05, 0) is 42.9 Å². The fraction of sp³-hybridized carbons (Fsp3) is 0.474. The Morgan fingerprint density at radius 1 is 1.12 bits per heavy atom. The van der Waals surface area contributed by atoms with Crippen LogP contribution in [-0.2, 0) is 0 Å². The summed E-state index contributed by atoms with van der Waals surface area (Å²) in [5.74, 6) is 1.31. The second-order valence-corrected chi connectivity index (χ2v) is 7.40. The van der Waals surface area contributed by atoms with Crippen LogP contribution in [0.3, 0.4) is 0 Å². The SMILES string of the molecule is O=C(c1cc(=O)c2cc(Cl)ccc2o1)N1CC[C@@H]2CCCC[C@H]2C1. The van der Waals surface area contributed by atoms with Crippen LogP contribution in [0, 0.1) is 11.8 Å². The second kappa shape index (κ2) is 6.25. The van der Waals surface area contributed by atoms with Gasteiger partial charge < -0.3 is 9.32 Å². The Hall–Kier alpha value is -1.81. The zero-order valence-electron chi connectivity index (χ0n) is 13.5. The molecule has 2 fully saturated rings. The third kappa shape index (κ3) is 2.84. The van der Waals surface area contributed by atoms with Gasteiger partial charge in [-0.2, -0.15) is 0 Å². The summed E-state index contributed by atoms with van der Waals surface area (Å²) in [4.78, 5) is 26.9. The Balaban J connectivity index is 1.61. The molecule has 24 heavy (non-hydrogen) atoms. The van der Waals surface area contributed by atoms with Crippen molar-refractivity contribution in [1.29, 1.82) is 0 Å². The van der Waals surface area contributed by atoms with E-state index in [0.29, 0.717) is 21.9 Å². The van der Waals surface area contributed by atoms with Crippen LogP contribution in [0.2, 0.25) is 5.02 Å². The first-order chi connectivity index (χ1) is 11.6. The summed E-state index contributed by atoms with van der Waals surface area (Å²) >= 11 is 5.92. The van der Waals surface area contributed by atoms with Gasteiger partial charge >= 0.3 is 0 Å². The molecule has 1 aliphatic carbocycles. The van der Waals surface area contributed by atoms with E-state index in [1.54, 1.807) is 18.2 Å². The Kier molecular flexibility index (Phi) is 4.09. The lowest BCUT2D eigenvalue weighted by atomic mass is 9.75. The zero-order chi connectivity index (χ0) is 16.7. The Morgan fingerprint density at radius 2 is 1.92 bits per heavy atom. The van der Waals surface area contributed by atoms with Gasteiger partial charge in [0.15, 0.2) is 11.2 Å². The molecule has 0 N–H and O–H groups in total. The van der Waals surface area contributed by atoms with E-state index < -0.39 is 0 Å². The number of nitrogens with zero attached hydrogens (tertiary/aromatic N) is 1. The minimum Gasteiger partial charge on any atom is -0.451 e. The molecule has 0 spiro atoms. The smallest absolute Gasteiger partial charge is 0.289 e. The maximum atomic E-state index is 12.8. The third-order valence-electron chi connectivity index (χ3n) is 5.48. The highest BCUT2D eigenvalue weighted by molar-refractivity contribution is 6.31. The van der Waals surface area contributed by atoms with Gasteiger partial charge in [0, 0.05) is 24.2 Å². The Bertz CT molecular complexity index is 844. The van der Waals surface area contributed by atoms with E-state index >= 15 is 0 Å². The summed E-state index contributed by atoms with van der Waals surface area (Å²) in [6.45, 7) is 1.54. The first kappa shape index (κ1) is 15.7. The monoisotopic (exact) mass is 345 g/mol. The number of rotatable bonds is 1. The topological polar surface area (TPSA) is 50.5 Å². The van der Waals surface area contributed by atoms with Crippen LogP contribution >= 0.6 is 11.6 Å². The summed E-state index contributed by atoms with van der Waals surface area (Å²) in [5, 5.41) is 0.887. The number of hydrogen-bond donors (Lipinski definition) is 0. The van der Waals surface area contributed by atoms with Gasteiger partial charge in [-0.15, -0.1) is 0 Å². The van der Waals surface area contributed by atoms with Crippen molar-refractivity contribution in [3.05, 3.63) is 45.3 Å². The largest absolute Gasteiger partial charge is 0.451 e. The molecule has 2 aromatic rings. The summed E-state index contributed by atoms with van der Waals surface area (Å²) < 4.78 is 5.70. The van der Waals surface area contributed by atoms with Gasteiger partial charge in [-0.3, -0.25) is 9.59 Å². The molecule has 0 radical (unpaired) electrons. The maximum Gasteiger partial charge on any atom is 0.289 e. The molecule has 4 rings (SSSR count). The molecule has 5 heteroatoms. The van der Waals surface area contributed by atoms with E-state index in [4.69, 9.17) is 16.0 Å². The second-order valence-electron chi connectivity index (χ2n) is 6.96. The van der Waals surface area contributed by atoms with E-state index in [9.17, 15) is 9.59 Å². The van der Waals surface area contributed by atoms with Gasteiger partial charge in [-0.25, -0.2) is 0 Å². The molecule has 4 nitrogen and oxygen atoms in total. The molecule has 1 aliphatic heterocycles. The van der Waals surface area contributed by atoms with Crippen molar-refractivity contribution in [2.45, 2.75) is 32.1 Å². The number of carbonyl (C=O) groups is 1. The van der Waals surface area contributed by atoms with E-state index in [-0.39, 0.29) is 17.1 Å². The fourth-order valence-electron chi connectivity index (χ4n) is 4.18. The molecular formula is C19H20ClNO3. The number of amides is 1. The molecule has 1 saturated heterocycles. The van der Waals surface area contributed by atoms with Gasteiger partial charge in [0.2, 0.25) is 0 Å². The van der Waals surface area contributed by atoms with Crippen LogP contribution in [0.15, 0.2) is 33.5 Å². The van der Waals surface area contributed by atoms with Crippen molar-refractivity contribution < 1.29 is 9.21 Å². The highest BCUT2D eigenvalue weighted by atomic mass is 35.5. The zero-order valence-corrected chi connectivity index (χ0v) is 14.2. The maximum absolute atomic E-state index is 12.8. The molecule has 1 amide bonds. The average molecular weight is 346 g/mol. The lowest BCUT2D eigenvalue weighted by Crippen LogP contribution is -2.44. The molecule has 1 aromatic heterocycles. The van der Waals surface area contributed by atoms with Crippen molar-refractivity contribution in [2.24, 2.45) is 11.8 Å². The van der Waals surface area contributed by atoms with Gasteiger partial charge in [0.05, 0.1) is 5.39 Å². The number of benzene rings is 1. The predicted octanol–water partition coefficient (Wildman–Crippen LogP) is 4.10. The van der Waals surface area contributed by atoms with Crippen molar-refractivity contribution >= 4 is 28.5 Å². The molecule has 1 aromatic carbocycles. The third-order valence-corrected chi connectivity index (χ3v) is 5.71. The number of piperidine rings is 1. The number of carbonyl (C=O) groups excluding carboxylic acids is 1. The summed E-state index contributed by atoms with van der Waals surface area (Å²) in [6.07, 6.45) is 6.13. The Morgan fingerprint density at radius 3 is 2.75 bits per heavy atom. The van der Waals surface area contributed by atoms with Crippen molar-refractivity contribution in [3.8, 4) is 0 Å². The van der Waals surface area contributed by atoms with Gasteiger partial charge in [0.1, 0.15) is 5.58 Å². The number of likely N-dealkylation sites (tertiary alicyclic amines) is 1. The Labute approximate surface area is 145 Å². The minimum absolute atomic E-state index is 0.129. The summed E-state index contributed by atoms with van der Waals surface area (Å²) in [5.41, 5.74) is 0.178. The van der Waals surface area contributed by atoms with Crippen LogP contribution < -0.4 is 5.43 Å². The van der Waals surface area contributed by atoms with Crippen LogP contribution in [0.25, 0.3) is 11.0 Å². The van der Waals surface area contributed by atoms with E-state index in [0.717, 1.165) is 25.4 Å². The minimum atomic E-state index is -0.227. The van der Waals surface area contributed by atoms with Gasteiger partial charge in [-0.1, -0.05) is 30.9 Å².